The highest BCUT2D eigenvalue weighted by Gasteiger charge is 2.59. The van der Waals surface area contributed by atoms with Gasteiger partial charge in [0.2, 0.25) is 5.91 Å². The Balaban J connectivity index is 1.57. The van der Waals surface area contributed by atoms with Gasteiger partial charge in [-0.2, -0.15) is 10.2 Å². The summed E-state index contributed by atoms with van der Waals surface area (Å²) in [5.41, 5.74) is 2.82. The summed E-state index contributed by atoms with van der Waals surface area (Å²) in [5.74, 6) is -0.194. The average Bonchev–Trinajstić information content (AvgIpc) is 3.07. The number of nitrogens with zero attached hydrogens (tertiary/aromatic N) is 2. The molecule has 2 saturated carbocycles. The van der Waals surface area contributed by atoms with Crippen molar-refractivity contribution in [3.8, 4) is 11.3 Å². The fraction of sp³-hybridized carbons (Fsp3) is 0.381. The van der Waals surface area contributed by atoms with Gasteiger partial charge in [0, 0.05) is 17.5 Å². The minimum absolute atomic E-state index is 0.0152. The number of hydrogen-bond donors (Lipinski definition) is 1. The lowest BCUT2D eigenvalue weighted by Crippen LogP contribution is -2.49. The zero-order valence-electron chi connectivity index (χ0n) is 14.5. The zero-order valence-corrected chi connectivity index (χ0v) is 14.5. The fourth-order valence-electron chi connectivity index (χ4n) is 4.64. The van der Waals surface area contributed by atoms with Crippen LogP contribution < -0.4 is 5.32 Å². The van der Waals surface area contributed by atoms with Crippen molar-refractivity contribution in [3.05, 3.63) is 59.6 Å². The molecule has 1 aromatic heterocycles. The summed E-state index contributed by atoms with van der Waals surface area (Å²) in [6.45, 7) is 4.26. The summed E-state index contributed by atoms with van der Waals surface area (Å²) < 4.78 is 14.1. The number of halogens is 1. The van der Waals surface area contributed by atoms with Crippen LogP contribution in [-0.4, -0.2) is 22.1 Å². The second-order valence-corrected chi connectivity index (χ2v) is 7.64. The van der Waals surface area contributed by atoms with E-state index in [0.29, 0.717) is 11.3 Å². The lowest BCUT2D eigenvalue weighted by Gasteiger charge is -2.33. The van der Waals surface area contributed by atoms with Crippen molar-refractivity contribution in [1.29, 1.82) is 0 Å². The smallest absolute Gasteiger partial charge is 0.236 e. The molecule has 0 saturated heterocycles. The van der Waals surface area contributed by atoms with E-state index in [-0.39, 0.29) is 23.7 Å². The zero-order chi connectivity index (χ0) is 17.9. The van der Waals surface area contributed by atoms with Crippen LogP contribution >= 0.6 is 0 Å². The summed E-state index contributed by atoms with van der Waals surface area (Å²) in [6.07, 6.45) is 4.87. The molecule has 2 atom stereocenters. The summed E-state index contributed by atoms with van der Waals surface area (Å²) in [6, 6.07) is 8.73. The summed E-state index contributed by atoms with van der Waals surface area (Å²) in [4.78, 5) is 13.1. The van der Waals surface area contributed by atoms with E-state index in [1.807, 2.05) is 6.07 Å². The molecule has 1 amide bonds. The molecule has 0 unspecified atom stereocenters. The topological polar surface area (TPSA) is 54.9 Å². The molecule has 5 rings (SSSR count). The van der Waals surface area contributed by atoms with Crippen LogP contribution in [0.25, 0.3) is 11.3 Å². The molecule has 5 heteroatoms. The molecule has 3 aliphatic rings. The van der Waals surface area contributed by atoms with Gasteiger partial charge < -0.3 is 5.32 Å². The van der Waals surface area contributed by atoms with Gasteiger partial charge in [-0.05, 0) is 61.4 Å². The maximum atomic E-state index is 14.1. The first-order valence-corrected chi connectivity index (χ1v) is 9.24. The van der Waals surface area contributed by atoms with E-state index in [9.17, 15) is 9.18 Å². The first-order valence-electron chi connectivity index (χ1n) is 9.24. The fourth-order valence-corrected chi connectivity index (χ4v) is 4.64. The molecule has 3 aliphatic carbocycles. The van der Waals surface area contributed by atoms with Gasteiger partial charge in [0.25, 0.3) is 0 Å². The molecule has 2 aromatic rings. The first-order chi connectivity index (χ1) is 12.6. The number of carbonyl (C=O) groups is 1. The monoisotopic (exact) mass is 349 g/mol. The van der Waals surface area contributed by atoms with E-state index in [2.05, 4.69) is 22.1 Å². The molecule has 1 N–H and O–H groups in total. The maximum absolute atomic E-state index is 14.1. The van der Waals surface area contributed by atoms with Crippen LogP contribution in [0.2, 0.25) is 0 Å². The van der Waals surface area contributed by atoms with Crippen molar-refractivity contribution in [3.63, 3.8) is 0 Å². The van der Waals surface area contributed by atoms with E-state index in [1.54, 1.807) is 18.2 Å². The van der Waals surface area contributed by atoms with Gasteiger partial charge in [-0.15, -0.1) is 0 Å². The number of rotatable bonds is 3. The van der Waals surface area contributed by atoms with Crippen molar-refractivity contribution >= 4 is 5.91 Å². The van der Waals surface area contributed by atoms with Crippen molar-refractivity contribution in [2.75, 3.05) is 0 Å². The van der Waals surface area contributed by atoms with Crippen LogP contribution in [0.5, 0.6) is 0 Å². The first kappa shape index (κ1) is 15.7. The highest BCUT2D eigenvalue weighted by Crippen LogP contribution is 2.59. The molecule has 1 aromatic carbocycles. The van der Waals surface area contributed by atoms with E-state index >= 15 is 0 Å². The third-order valence-electron chi connectivity index (χ3n) is 6.36. The Morgan fingerprint density at radius 3 is 2.77 bits per heavy atom. The van der Waals surface area contributed by atoms with Crippen LogP contribution in [0, 0.1) is 5.82 Å². The molecule has 2 bridgehead atoms. The number of amides is 1. The quantitative estimate of drug-likeness (QED) is 0.861. The lowest BCUT2D eigenvalue weighted by atomic mass is 9.79. The Hall–Kier alpha value is -2.56. The Bertz CT molecular complexity index is 937. The molecule has 4 nitrogen and oxygen atoms in total. The van der Waals surface area contributed by atoms with Gasteiger partial charge in [0.1, 0.15) is 11.2 Å². The van der Waals surface area contributed by atoms with Gasteiger partial charge >= 0.3 is 0 Å². The van der Waals surface area contributed by atoms with Gasteiger partial charge in [0.05, 0.1) is 11.4 Å². The largest absolute Gasteiger partial charge is 0.352 e. The number of carbonyl (C=O) groups excluding carboxylic acids is 1. The standard InChI is InChI=1S/C21H20FN3O/c1-12-14-9-10-21(12,20(26)23-13-5-4-6-13)19-16(14)11-18(24-25-19)15-7-2-3-8-17(15)22/h2-3,7-8,11,13-14H,1,4-6,9-10H2,(H,23,26)/t14-,21-/m0/s1. The highest BCUT2D eigenvalue weighted by atomic mass is 19.1. The van der Waals surface area contributed by atoms with Gasteiger partial charge in [0.15, 0.2) is 0 Å². The van der Waals surface area contributed by atoms with Gasteiger partial charge in [-0.25, -0.2) is 4.39 Å². The van der Waals surface area contributed by atoms with Gasteiger partial charge in [-0.3, -0.25) is 4.79 Å². The van der Waals surface area contributed by atoms with Gasteiger partial charge in [-0.1, -0.05) is 18.7 Å². The normalized spacial score (nSPS) is 26.5. The van der Waals surface area contributed by atoms with Crippen molar-refractivity contribution < 1.29 is 9.18 Å². The maximum Gasteiger partial charge on any atom is 0.236 e. The van der Waals surface area contributed by atoms with Crippen molar-refractivity contribution in [1.82, 2.24) is 15.5 Å². The molecular weight excluding hydrogens is 329 g/mol. The van der Waals surface area contributed by atoms with E-state index in [0.717, 1.165) is 42.5 Å². The predicted octanol–water partition coefficient (Wildman–Crippen LogP) is 3.64. The third kappa shape index (κ3) is 1.97. The SMILES string of the molecule is C=C1[C@@H]2CC[C@@]1(C(=O)NC1CCC1)c1nnc(-c3ccccc3F)cc12. The molecule has 1 heterocycles. The molecule has 2 fully saturated rings. The molecular formula is C21H20FN3O. The molecule has 26 heavy (non-hydrogen) atoms. The highest BCUT2D eigenvalue weighted by molar-refractivity contribution is 5.95. The number of nitrogens with one attached hydrogen (secondary N) is 1. The summed E-state index contributed by atoms with van der Waals surface area (Å²) in [5, 5.41) is 11.9. The average molecular weight is 349 g/mol. The van der Waals surface area contributed by atoms with Crippen molar-refractivity contribution in [2.24, 2.45) is 0 Å². The Morgan fingerprint density at radius 1 is 1.23 bits per heavy atom. The van der Waals surface area contributed by atoms with Crippen LogP contribution in [0.1, 0.15) is 49.3 Å². The van der Waals surface area contributed by atoms with Crippen LogP contribution in [0.4, 0.5) is 4.39 Å². The Kier molecular flexibility index (Phi) is 3.30. The van der Waals surface area contributed by atoms with Crippen LogP contribution in [-0.2, 0) is 10.2 Å². The van der Waals surface area contributed by atoms with Crippen LogP contribution in [0.3, 0.4) is 0 Å². The third-order valence-corrected chi connectivity index (χ3v) is 6.36. The second kappa shape index (κ2) is 5.47. The summed E-state index contributed by atoms with van der Waals surface area (Å²) >= 11 is 0. The number of hydrogen-bond acceptors (Lipinski definition) is 3. The molecule has 0 spiro atoms. The second-order valence-electron chi connectivity index (χ2n) is 7.64. The molecule has 132 valence electrons. The van der Waals surface area contributed by atoms with E-state index < -0.39 is 5.41 Å². The van der Waals surface area contributed by atoms with E-state index in [4.69, 9.17) is 0 Å². The summed E-state index contributed by atoms with van der Waals surface area (Å²) in [7, 11) is 0. The minimum atomic E-state index is -0.754. The predicted molar refractivity (Wildman–Crippen MR) is 96.0 cm³/mol. The van der Waals surface area contributed by atoms with E-state index in [1.165, 1.54) is 12.5 Å². The number of fused-ring (bicyclic) bond motifs is 5. The number of aromatic nitrogens is 2. The Labute approximate surface area is 151 Å². The van der Waals surface area contributed by atoms with Crippen molar-refractivity contribution in [2.45, 2.75) is 49.5 Å². The molecule has 0 radical (unpaired) electrons. The molecule has 0 aliphatic heterocycles. The minimum Gasteiger partial charge on any atom is -0.352 e. The number of benzene rings is 1. The Morgan fingerprint density at radius 2 is 2.04 bits per heavy atom. The lowest BCUT2D eigenvalue weighted by molar-refractivity contribution is -0.126. The van der Waals surface area contributed by atoms with Crippen LogP contribution in [0.15, 0.2) is 42.5 Å².